The topological polar surface area (TPSA) is 86.7 Å². The summed E-state index contributed by atoms with van der Waals surface area (Å²) in [7, 11) is 0. The summed E-state index contributed by atoms with van der Waals surface area (Å²) >= 11 is 0. The van der Waals surface area contributed by atoms with Gasteiger partial charge in [0.15, 0.2) is 0 Å². The van der Waals surface area contributed by atoms with E-state index >= 15 is 0 Å². The van der Waals surface area contributed by atoms with Crippen LogP contribution in [0.4, 0.5) is 0 Å². The van der Waals surface area contributed by atoms with Crippen LogP contribution in [-0.4, -0.2) is 47.4 Å². The number of carbonyl (C=O) groups excluding carboxylic acids is 2. The van der Waals surface area contributed by atoms with E-state index in [1.54, 1.807) is 19.1 Å². The number of amides is 2. The Labute approximate surface area is 129 Å². The van der Waals surface area contributed by atoms with Gasteiger partial charge in [0, 0.05) is 32.1 Å². The van der Waals surface area contributed by atoms with Gasteiger partial charge in [0.1, 0.15) is 0 Å². The molecule has 2 N–H and O–H groups in total. The summed E-state index contributed by atoms with van der Waals surface area (Å²) in [6.07, 6.45) is 1.74. The van der Waals surface area contributed by atoms with Crippen molar-refractivity contribution in [3.63, 3.8) is 0 Å². The molecule has 1 aromatic carbocycles. The van der Waals surface area contributed by atoms with Gasteiger partial charge in [-0.1, -0.05) is 6.07 Å². The van der Waals surface area contributed by atoms with Crippen LogP contribution < -0.4 is 5.32 Å². The molecule has 0 atom stereocenters. The maximum Gasteiger partial charge on any atom is 0.335 e. The molecule has 1 saturated heterocycles. The summed E-state index contributed by atoms with van der Waals surface area (Å²) in [4.78, 5) is 36.0. The predicted octanol–water partition coefficient (Wildman–Crippen LogP) is 1.37. The third kappa shape index (κ3) is 4.07. The average molecular weight is 304 g/mol. The molecule has 6 heteroatoms. The molecule has 2 amide bonds. The van der Waals surface area contributed by atoms with Gasteiger partial charge in [-0.3, -0.25) is 9.59 Å². The Balaban J connectivity index is 1.85. The number of likely N-dealkylation sites (tertiary alicyclic amines) is 1. The summed E-state index contributed by atoms with van der Waals surface area (Å²) < 4.78 is 0. The molecule has 1 aromatic rings. The molecule has 0 radical (unpaired) electrons. The normalized spacial score (nSPS) is 15.4. The summed E-state index contributed by atoms with van der Waals surface area (Å²) in [5, 5.41) is 11.8. The van der Waals surface area contributed by atoms with Crippen LogP contribution in [0, 0.1) is 5.92 Å². The van der Waals surface area contributed by atoms with E-state index in [1.165, 1.54) is 12.1 Å². The molecule has 0 spiro atoms. The van der Waals surface area contributed by atoms with Gasteiger partial charge in [0.05, 0.1) is 5.56 Å². The Morgan fingerprint density at radius 3 is 2.45 bits per heavy atom. The van der Waals surface area contributed by atoms with Crippen LogP contribution in [0.1, 0.15) is 40.5 Å². The number of hydrogen-bond acceptors (Lipinski definition) is 3. The van der Waals surface area contributed by atoms with E-state index in [4.69, 9.17) is 5.11 Å². The van der Waals surface area contributed by atoms with Crippen LogP contribution >= 0.6 is 0 Å². The molecule has 0 bridgehead atoms. The minimum atomic E-state index is -1.05. The summed E-state index contributed by atoms with van der Waals surface area (Å²) in [5.74, 6) is -0.876. The quantitative estimate of drug-likeness (QED) is 0.879. The van der Waals surface area contributed by atoms with Gasteiger partial charge in [-0.05, 0) is 37.0 Å². The molecular formula is C16H20N2O4. The highest BCUT2D eigenvalue weighted by Gasteiger charge is 2.21. The second kappa shape index (κ2) is 7.06. The minimum absolute atomic E-state index is 0.0907. The summed E-state index contributed by atoms with van der Waals surface area (Å²) in [6.45, 7) is 3.56. The molecular weight excluding hydrogens is 284 g/mol. The molecule has 0 aliphatic carbocycles. The Hall–Kier alpha value is -2.37. The van der Waals surface area contributed by atoms with Gasteiger partial charge in [-0.2, -0.15) is 0 Å². The first-order chi connectivity index (χ1) is 10.5. The number of piperidine rings is 1. The lowest BCUT2D eigenvalue weighted by Gasteiger charge is -2.31. The highest BCUT2D eigenvalue weighted by molar-refractivity contribution is 5.97. The van der Waals surface area contributed by atoms with E-state index in [1.807, 2.05) is 4.90 Å². The molecule has 1 aliphatic rings. The Morgan fingerprint density at radius 1 is 1.23 bits per heavy atom. The number of nitrogens with one attached hydrogen (secondary N) is 1. The molecule has 0 aromatic heterocycles. The van der Waals surface area contributed by atoms with Crippen LogP contribution in [0.25, 0.3) is 0 Å². The fraction of sp³-hybridized carbons (Fsp3) is 0.438. The van der Waals surface area contributed by atoms with Gasteiger partial charge >= 0.3 is 5.97 Å². The number of nitrogens with zero attached hydrogens (tertiary/aromatic N) is 1. The average Bonchev–Trinajstić information content (AvgIpc) is 2.53. The number of aromatic carboxylic acids is 1. The van der Waals surface area contributed by atoms with Crippen LogP contribution in [-0.2, 0) is 4.79 Å². The first kappa shape index (κ1) is 16.0. The van der Waals surface area contributed by atoms with E-state index in [-0.39, 0.29) is 17.4 Å². The lowest BCUT2D eigenvalue weighted by molar-refractivity contribution is -0.130. The molecule has 1 fully saturated rings. The number of benzene rings is 1. The van der Waals surface area contributed by atoms with Crippen molar-refractivity contribution in [2.45, 2.75) is 19.8 Å². The van der Waals surface area contributed by atoms with Crippen molar-refractivity contribution in [1.82, 2.24) is 10.2 Å². The first-order valence-corrected chi connectivity index (χ1v) is 7.34. The third-order valence-corrected chi connectivity index (χ3v) is 3.98. The van der Waals surface area contributed by atoms with Gasteiger partial charge in [-0.25, -0.2) is 4.79 Å². The van der Waals surface area contributed by atoms with Crippen LogP contribution in [0.2, 0.25) is 0 Å². The monoisotopic (exact) mass is 304 g/mol. The number of rotatable bonds is 4. The Bertz CT molecular complexity index is 577. The molecule has 1 heterocycles. The minimum Gasteiger partial charge on any atom is -0.478 e. The van der Waals surface area contributed by atoms with E-state index in [2.05, 4.69) is 5.32 Å². The number of carboxylic acid groups (broad SMARTS) is 1. The second-order valence-electron chi connectivity index (χ2n) is 5.55. The largest absolute Gasteiger partial charge is 0.478 e. The van der Waals surface area contributed by atoms with Crippen LogP contribution in [0.15, 0.2) is 24.3 Å². The van der Waals surface area contributed by atoms with Crippen molar-refractivity contribution in [3.8, 4) is 0 Å². The summed E-state index contributed by atoms with van der Waals surface area (Å²) in [5.41, 5.74) is 0.448. The maximum absolute atomic E-state index is 12.1. The first-order valence-electron chi connectivity index (χ1n) is 7.34. The molecule has 2 rings (SSSR count). The van der Waals surface area contributed by atoms with Gasteiger partial charge < -0.3 is 15.3 Å². The molecule has 22 heavy (non-hydrogen) atoms. The molecule has 118 valence electrons. The number of hydrogen-bond donors (Lipinski definition) is 2. The lowest BCUT2D eigenvalue weighted by atomic mass is 9.96. The third-order valence-electron chi connectivity index (χ3n) is 3.98. The number of carbonyl (C=O) groups is 3. The zero-order valence-corrected chi connectivity index (χ0v) is 12.5. The second-order valence-corrected chi connectivity index (χ2v) is 5.55. The van der Waals surface area contributed by atoms with Crippen molar-refractivity contribution in [1.29, 1.82) is 0 Å². The fourth-order valence-electron chi connectivity index (χ4n) is 2.58. The SMILES string of the molecule is CC(=O)N1CCC(CNC(=O)c2cccc(C(=O)O)c2)CC1. The van der Waals surface area contributed by atoms with Crippen LogP contribution in [0.3, 0.4) is 0 Å². The maximum atomic E-state index is 12.1. The number of carboxylic acids is 1. The molecule has 1 aliphatic heterocycles. The van der Waals surface area contributed by atoms with Gasteiger partial charge in [0.2, 0.25) is 5.91 Å². The smallest absolute Gasteiger partial charge is 0.335 e. The van der Waals surface area contributed by atoms with Gasteiger partial charge in [-0.15, -0.1) is 0 Å². The van der Waals surface area contributed by atoms with E-state index in [0.29, 0.717) is 18.0 Å². The molecule has 6 nitrogen and oxygen atoms in total. The van der Waals surface area contributed by atoms with Crippen molar-refractivity contribution in [2.75, 3.05) is 19.6 Å². The van der Waals surface area contributed by atoms with Gasteiger partial charge in [0.25, 0.3) is 5.91 Å². The van der Waals surface area contributed by atoms with Crippen LogP contribution in [0.5, 0.6) is 0 Å². The van der Waals surface area contributed by atoms with E-state index in [9.17, 15) is 14.4 Å². The Kier molecular flexibility index (Phi) is 5.14. The molecule has 0 unspecified atom stereocenters. The fourth-order valence-corrected chi connectivity index (χ4v) is 2.58. The van der Waals surface area contributed by atoms with Crippen molar-refractivity contribution in [3.05, 3.63) is 35.4 Å². The Morgan fingerprint density at radius 2 is 1.86 bits per heavy atom. The summed E-state index contributed by atoms with van der Waals surface area (Å²) in [6, 6.07) is 5.98. The van der Waals surface area contributed by atoms with Crippen molar-refractivity contribution in [2.24, 2.45) is 5.92 Å². The predicted molar refractivity (Wildman–Crippen MR) is 80.7 cm³/mol. The zero-order chi connectivity index (χ0) is 16.1. The highest BCUT2D eigenvalue weighted by Crippen LogP contribution is 2.16. The lowest BCUT2D eigenvalue weighted by Crippen LogP contribution is -2.40. The zero-order valence-electron chi connectivity index (χ0n) is 12.5. The molecule has 0 saturated carbocycles. The van der Waals surface area contributed by atoms with Crippen molar-refractivity contribution < 1.29 is 19.5 Å². The standard InChI is InChI=1S/C16H20N2O4/c1-11(19)18-7-5-12(6-8-18)10-17-15(20)13-3-2-4-14(9-13)16(21)22/h2-4,9,12H,5-8,10H2,1H3,(H,17,20)(H,21,22). The van der Waals surface area contributed by atoms with E-state index < -0.39 is 5.97 Å². The van der Waals surface area contributed by atoms with E-state index in [0.717, 1.165) is 25.9 Å². The highest BCUT2D eigenvalue weighted by atomic mass is 16.4. The van der Waals surface area contributed by atoms with Crippen molar-refractivity contribution >= 4 is 17.8 Å².